The van der Waals surface area contributed by atoms with Gasteiger partial charge in [-0.25, -0.2) is 14.3 Å². The zero-order valence-electron chi connectivity index (χ0n) is 17.8. The fraction of sp³-hybridized carbons (Fsp3) is 0.333. The number of rotatable bonds is 5. The van der Waals surface area contributed by atoms with Crippen LogP contribution >= 0.6 is 0 Å². The van der Waals surface area contributed by atoms with Crippen molar-refractivity contribution in [3.8, 4) is 0 Å². The number of nitrogens with zero attached hydrogens (tertiary/aromatic N) is 4. The fourth-order valence-electron chi connectivity index (χ4n) is 4.03. The van der Waals surface area contributed by atoms with Gasteiger partial charge in [0.05, 0.1) is 11.9 Å². The highest BCUT2D eigenvalue weighted by Crippen LogP contribution is 2.21. The summed E-state index contributed by atoms with van der Waals surface area (Å²) in [5.74, 6) is -1.03. The average Bonchev–Trinajstić information content (AvgIpc) is 3.50. The Labute approximate surface area is 186 Å². The largest absolute Gasteiger partial charge is 0.416 e. The van der Waals surface area contributed by atoms with Crippen LogP contribution in [0.2, 0.25) is 0 Å². The second-order valence-electron chi connectivity index (χ2n) is 8.04. The van der Waals surface area contributed by atoms with Gasteiger partial charge in [0.15, 0.2) is 5.65 Å². The van der Waals surface area contributed by atoms with E-state index in [1.165, 1.54) is 16.8 Å². The van der Waals surface area contributed by atoms with Crippen molar-refractivity contribution in [2.45, 2.75) is 25.3 Å². The Bertz CT molecular complexity index is 1360. The SMILES string of the molecule is CN1CC[C@H](NC(=O)c2cc(C(=O)NCC3=Cc4[nH]c(=O)oc4CC3)nc3ccnn23)C1=O. The van der Waals surface area contributed by atoms with E-state index >= 15 is 0 Å². The summed E-state index contributed by atoms with van der Waals surface area (Å²) in [5, 5.41) is 9.63. The van der Waals surface area contributed by atoms with Crippen LogP contribution in [0.4, 0.5) is 0 Å². The molecular formula is C21H21N7O5. The van der Waals surface area contributed by atoms with Gasteiger partial charge in [-0.05, 0) is 24.5 Å². The Morgan fingerprint density at radius 1 is 1.27 bits per heavy atom. The number of fused-ring (bicyclic) bond motifs is 2. The monoisotopic (exact) mass is 451 g/mol. The normalized spacial score (nSPS) is 17.7. The molecule has 1 saturated heterocycles. The lowest BCUT2D eigenvalue weighted by Crippen LogP contribution is -2.41. The van der Waals surface area contributed by atoms with Gasteiger partial charge >= 0.3 is 5.76 Å². The third kappa shape index (κ3) is 3.90. The van der Waals surface area contributed by atoms with Crippen molar-refractivity contribution in [2.75, 3.05) is 20.1 Å². The summed E-state index contributed by atoms with van der Waals surface area (Å²) in [6.07, 6.45) is 4.98. The number of likely N-dealkylation sites (tertiary alicyclic amines) is 1. The second-order valence-corrected chi connectivity index (χ2v) is 8.04. The van der Waals surface area contributed by atoms with Crippen molar-refractivity contribution < 1.29 is 18.8 Å². The Kier molecular flexibility index (Phi) is 5.04. The Hall–Kier alpha value is -4.22. The van der Waals surface area contributed by atoms with E-state index in [0.29, 0.717) is 42.9 Å². The van der Waals surface area contributed by atoms with Gasteiger partial charge in [-0.2, -0.15) is 5.10 Å². The van der Waals surface area contributed by atoms with Crippen LogP contribution in [0.15, 0.2) is 33.1 Å². The summed E-state index contributed by atoms with van der Waals surface area (Å²) in [4.78, 5) is 57.7. The molecule has 0 aromatic carbocycles. The van der Waals surface area contributed by atoms with E-state index in [1.807, 2.05) is 0 Å². The molecule has 1 atom stereocenters. The number of likely N-dealkylation sites (N-methyl/N-ethyl adjacent to an activating group) is 1. The van der Waals surface area contributed by atoms with E-state index in [0.717, 1.165) is 5.57 Å². The number of hydrogen-bond donors (Lipinski definition) is 3. The topological polar surface area (TPSA) is 155 Å². The van der Waals surface area contributed by atoms with Crippen LogP contribution in [0.1, 0.15) is 45.3 Å². The number of nitrogens with one attached hydrogen (secondary N) is 3. The van der Waals surface area contributed by atoms with Gasteiger partial charge in [0.25, 0.3) is 11.8 Å². The number of H-pyrrole nitrogens is 1. The molecule has 5 rings (SSSR count). The fourth-order valence-corrected chi connectivity index (χ4v) is 4.03. The number of hydrogen-bond acceptors (Lipinski definition) is 7. The average molecular weight is 451 g/mol. The number of aromatic nitrogens is 4. The molecule has 3 amide bonds. The molecule has 0 saturated carbocycles. The summed E-state index contributed by atoms with van der Waals surface area (Å²) in [7, 11) is 1.68. The Balaban J connectivity index is 1.34. The molecular weight excluding hydrogens is 430 g/mol. The van der Waals surface area contributed by atoms with E-state index in [-0.39, 0.29) is 23.8 Å². The summed E-state index contributed by atoms with van der Waals surface area (Å²) in [5.41, 5.74) is 2.02. The van der Waals surface area contributed by atoms with Crippen LogP contribution in [0, 0.1) is 0 Å². The molecule has 12 heteroatoms. The third-order valence-corrected chi connectivity index (χ3v) is 5.81. The van der Waals surface area contributed by atoms with Gasteiger partial charge in [0.1, 0.15) is 23.2 Å². The van der Waals surface area contributed by atoms with E-state index in [4.69, 9.17) is 4.42 Å². The van der Waals surface area contributed by atoms with Gasteiger partial charge in [-0.3, -0.25) is 19.4 Å². The molecule has 1 aliphatic heterocycles. The number of oxazole rings is 1. The summed E-state index contributed by atoms with van der Waals surface area (Å²) >= 11 is 0. The first kappa shape index (κ1) is 20.7. The van der Waals surface area contributed by atoms with Crippen LogP contribution in [0.5, 0.6) is 0 Å². The summed E-state index contributed by atoms with van der Waals surface area (Å²) in [6, 6.07) is 2.33. The molecule has 1 fully saturated rings. The minimum atomic E-state index is -0.615. The minimum absolute atomic E-state index is 0.0526. The van der Waals surface area contributed by atoms with Crippen LogP contribution < -0.4 is 16.4 Å². The molecule has 0 unspecified atom stereocenters. The quantitative estimate of drug-likeness (QED) is 0.482. The van der Waals surface area contributed by atoms with Crippen molar-refractivity contribution in [1.82, 2.24) is 35.1 Å². The lowest BCUT2D eigenvalue weighted by Gasteiger charge is -2.14. The molecule has 12 nitrogen and oxygen atoms in total. The smallest absolute Gasteiger partial charge is 0.412 e. The van der Waals surface area contributed by atoms with E-state index in [2.05, 4.69) is 25.7 Å². The second kappa shape index (κ2) is 8.04. The highest BCUT2D eigenvalue weighted by molar-refractivity contribution is 6.00. The van der Waals surface area contributed by atoms with Crippen molar-refractivity contribution in [3.05, 3.63) is 57.3 Å². The molecule has 170 valence electrons. The molecule has 3 aromatic rings. The molecule has 2 aliphatic rings. The minimum Gasteiger partial charge on any atom is -0.412 e. The first-order valence-corrected chi connectivity index (χ1v) is 10.5. The van der Waals surface area contributed by atoms with Crippen LogP contribution in [-0.2, 0) is 11.2 Å². The van der Waals surface area contributed by atoms with Crippen molar-refractivity contribution in [2.24, 2.45) is 0 Å². The molecule has 0 radical (unpaired) electrons. The van der Waals surface area contributed by atoms with E-state index in [9.17, 15) is 19.2 Å². The van der Waals surface area contributed by atoms with Crippen LogP contribution in [0.25, 0.3) is 11.7 Å². The lowest BCUT2D eigenvalue weighted by atomic mass is 10.0. The van der Waals surface area contributed by atoms with Crippen LogP contribution in [0.3, 0.4) is 0 Å². The molecule has 0 bridgehead atoms. The summed E-state index contributed by atoms with van der Waals surface area (Å²) < 4.78 is 6.38. The van der Waals surface area contributed by atoms with Gasteiger partial charge in [0, 0.05) is 38.7 Å². The summed E-state index contributed by atoms with van der Waals surface area (Å²) in [6.45, 7) is 0.817. The molecule has 3 N–H and O–H groups in total. The first-order chi connectivity index (χ1) is 15.9. The Morgan fingerprint density at radius 2 is 2.12 bits per heavy atom. The molecule has 4 heterocycles. The van der Waals surface area contributed by atoms with Gasteiger partial charge in [0.2, 0.25) is 5.91 Å². The number of aromatic amines is 1. The molecule has 33 heavy (non-hydrogen) atoms. The number of amides is 3. The van der Waals surface area contributed by atoms with Gasteiger partial charge in [-0.15, -0.1) is 0 Å². The zero-order valence-corrected chi connectivity index (χ0v) is 17.8. The maximum absolute atomic E-state index is 12.9. The maximum atomic E-state index is 12.9. The van der Waals surface area contributed by atoms with E-state index < -0.39 is 23.6 Å². The first-order valence-electron chi connectivity index (χ1n) is 10.5. The van der Waals surface area contributed by atoms with E-state index in [1.54, 1.807) is 24.1 Å². The zero-order chi connectivity index (χ0) is 23.1. The highest BCUT2D eigenvalue weighted by atomic mass is 16.4. The Morgan fingerprint density at radius 3 is 2.91 bits per heavy atom. The van der Waals surface area contributed by atoms with Gasteiger partial charge in [-0.1, -0.05) is 0 Å². The van der Waals surface area contributed by atoms with Crippen molar-refractivity contribution in [3.63, 3.8) is 0 Å². The number of aryl methyl sites for hydroxylation is 1. The highest BCUT2D eigenvalue weighted by Gasteiger charge is 2.31. The standard InChI is InChI=1S/C21H21N7O5/c1-27-7-5-12(20(27)31)25-19(30)15-9-14(24-17-4-6-23-28(15)17)18(29)22-10-11-2-3-16-13(8-11)26-21(32)33-16/h4,6,8-9,12H,2-3,5,7,10H2,1H3,(H,22,29)(H,25,30)(H,26,32)/t12-/m0/s1. The van der Waals surface area contributed by atoms with Gasteiger partial charge < -0.3 is 20.0 Å². The van der Waals surface area contributed by atoms with Crippen molar-refractivity contribution in [1.29, 1.82) is 0 Å². The third-order valence-electron chi connectivity index (χ3n) is 5.81. The lowest BCUT2D eigenvalue weighted by molar-refractivity contribution is -0.128. The number of carbonyl (C=O) groups is 3. The molecule has 3 aromatic heterocycles. The molecule has 0 spiro atoms. The maximum Gasteiger partial charge on any atom is 0.416 e. The van der Waals surface area contributed by atoms with Crippen LogP contribution in [-0.4, -0.2) is 68.4 Å². The predicted octanol–water partition coefficient (Wildman–Crippen LogP) is -0.269. The van der Waals surface area contributed by atoms with Crippen molar-refractivity contribution >= 4 is 29.4 Å². The number of carbonyl (C=O) groups excluding carboxylic acids is 3. The molecule has 1 aliphatic carbocycles. The predicted molar refractivity (Wildman–Crippen MR) is 114 cm³/mol.